The predicted molar refractivity (Wildman–Crippen MR) is 82.3 cm³/mol. The van der Waals surface area contributed by atoms with Gasteiger partial charge in [-0.3, -0.25) is 0 Å². The second-order valence-corrected chi connectivity index (χ2v) is 5.12. The summed E-state index contributed by atoms with van der Waals surface area (Å²) in [4.78, 5) is 0. The van der Waals surface area contributed by atoms with E-state index in [1.807, 2.05) is 31.2 Å². The lowest BCUT2D eigenvalue weighted by Gasteiger charge is -2.20. The van der Waals surface area contributed by atoms with Crippen LogP contribution in [-0.4, -0.2) is 6.54 Å². The highest BCUT2D eigenvalue weighted by Gasteiger charge is 2.20. The Morgan fingerprint density at radius 2 is 1.57 bits per heavy atom. The zero-order chi connectivity index (χ0) is 15.2. The van der Waals surface area contributed by atoms with Crippen molar-refractivity contribution in [1.29, 1.82) is 0 Å². The maximum atomic E-state index is 14.0. The number of halogens is 2. The van der Waals surface area contributed by atoms with Gasteiger partial charge < -0.3 is 5.32 Å². The minimum absolute atomic E-state index is 0.0857. The van der Waals surface area contributed by atoms with Gasteiger partial charge in [0.05, 0.1) is 6.04 Å². The van der Waals surface area contributed by atoms with Crippen molar-refractivity contribution >= 4 is 0 Å². The lowest BCUT2D eigenvalue weighted by Crippen LogP contribution is -2.24. The van der Waals surface area contributed by atoms with E-state index < -0.39 is 17.7 Å². The predicted octanol–water partition coefficient (Wildman–Crippen LogP) is 4.62. The van der Waals surface area contributed by atoms with Crippen LogP contribution in [0.3, 0.4) is 0 Å². The van der Waals surface area contributed by atoms with Crippen molar-refractivity contribution in [2.24, 2.45) is 0 Å². The molecule has 0 amide bonds. The van der Waals surface area contributed by atoms with Gasteiger partial charge in [0.15, 0.2) is 0 Å². The van der Waals surface area contributed by atoms with Gasteiger partial charge in [-0.2, -0.15) is 0 Å². The van der Waals surface area contributed by atoms with Gasteiger partial charge in [-0.05, 0) is 36.2 Å². The van der Waals surface area contributed by atoms with Crippen LogP contribution < -0.4 is 5.32 Å². The molecule has 0 fully saturated rings. The van der Waals surface area contributed by atoms with Crippen molar-refractivity contribution in [3.63, 3.8) is 0 Å². The molecule has 3 heteroatoms. The van der Waals surface area contributed by atoms with Crippen molar-refractivity contribution < 1.29 is 8.78 Å². The average Bonchev–Trinajstić information content (AvgIpc) is 2.47. The van der Waals surface area contributed by atoms with E-state index in [0.29, 0.717) is 6.54 Å². The Hall–Kier alpha value is -1.74. The third kappa shape index (κ3) is 3.67. The summed E-state index contributed by atoms with van der Waals surface area (Å²) in [5.74, 6) is -1.03. The molecule has 112 valence electrons. The molecule has 1 unspecified atom stereocenters. The van der Waals surface area contributed by atoms with Crippen LogP contribution in [0.2, 0.25) is 0 Å². The van der Waals surface area contributed by atoms with Gasteiger partial charge >= 0.3 is 0 Å². The third-order valence-corrected chi connectivity index (χ3v) is 3.55. The monoisotopic (exact) mass is 289 g/mol. The summed E-state index contributed by atoms with van der Waals surface area (Å²) < 4.78 is 28.1. The molecule has 0 saturated heterocycles. The Morgan fingerprint density at radius 1 is 0.952 bits per heavy atom. The maximum absolute atomic E-state index is 14.0. The van der Waals surface area contributed by atoms with Crippen molar-refractivity contribution in [1.82, 2.24) is 5.32 Å². The molecule has 0 aliphatic heterocycles. The summed E-state index contributed by atoms with van der Waals surface area (Å²) in [6, 6.07) is 11.5. The molecule has 0 bridgehead atoms. The van der Waals surface area contributed by atoms with Crippen LogP contribution >= 0.6 is 0 Å². The van der Waals surface area contributed by atoms with Gasteiger partial charge in [-0.25, -0.2) is 8.78 Å². The van der Waals surface area contributed by atoms with E-state index in [0.717, 1.165) is 18.4 Å². The van der Waals surface area contributed by atoms with Crippen LogP contribution in [0, 0.1) is 11.6 Å². The molecular formula is C18H21F2N. The first kappa shape index (κ1) is 15.6. The Labute approximate surface area is 125 Å². The van der Waals surface area contributed by atoms with Gasteiger partial charge in [0, 0.05) is 5.56 Å². The SMILES string of the molecule is CCCc1ccc(C(NCC)c2c(F)cccc2F)cc1. The highest BCUT2D eigenvalue weighted by atomic mass is 19.1. The quantitative estimate of drug-likeness (QED) is 0.818. The zero-order valence-corrected chi connectivity index (χ0v) is 12.5. The van der Waals surface area contributed by atoms with E-state index in [1.54, 1.807) is 0 Å². The fourth-order valence-corrected chi connectivity index (χ4v) is 2.54. The Bertz CT molecular complexity index is 558. The van der Waals surface area contributed by atoms with E-state index in [2.05, 4.69) is 12.2 Å². The summed E-state index contributed by atoms with van der Waals surface area (Å²) in [6.45, 7) is 4.69. The summed E-state index contributed by atoms with van der Waals surface area (Å²) >= 11 is 0. The van der Waals surface area contributed by atoms with Gasteiger partial charge in [0.25, 0.3) is 0 Å². The van der Waals surface area contributed by atoms with Crippen LogP contribution in [0.4, 0.5) is 8.78 Å². The summed E-state index contributed by atoms with van der Waals surface area (Å²) in [6.07, 6.45) is 2.10. The minimum Gasteiger partial charge on any atom is -0.306 e. The first-order chi connectivity index (χ1) is 10.2. The fourth-order valence-electron chi connectivity index (χ4n) is 2.54. The standard InChI is InChI=1S/C18H21F2N/c1-3-6-13-9-11-14(12-10-13)18(21-4-2)17-15(19)7-5-8-16(17)20/h5,7-12,18,21H,3-4,6H2,1-2H3. The van der Waals surface area contributed by atoms with E-state index in [1.165, 1.54) is 23.8 Å². The molecule has 0 radical (unpaired) electrons. The molecule has 1 nitrogen and oxygen atoms in total. The lowest BCUT2D eigenvalue weighted by molar-refractivity contribution is 0.510. The molecule has 0 aliphatic carbocycles. The molecule has 1 atom stereocenters. The van der Waals surface area contributed by atoms with Gasteiger partial charge in [-0.15, -0.1) is 0 Å². The smallest absolute Gasteiger partial charge is 0.131 e. The third-order valence-electron chi connectivity index (χ3n) is 3.55. The van der Waals surface area contributed by atoms with E-state index in [-0.39, 0.29) is 5.56 Å². The number of rotatable bonds is 6. The molecule has 2 aromatic carbocycles. The Morgan fingerprint density at radius 3 is 2.10 bits per heavy atom. The Balaban J connectivity index is 2.38. The molecule has 0 heterocycles. The molecule has 0 aromatic heterocycles. The molecule has 1 N–H and O–H groups in total. The largest absolute Gasteiger partial charge is 0.306 e. The first-order valence-corrected chi connectivity index (χ1v) is 7.43. The van der Waals surface area contributed by atoms with Gasteiger partial charge in [0.2, 0.25) is 0 Å². The fraction of sp³-hybridized carbons (Fsp3) is 0.333. The first-order valence-electron chi connectivity index (χ1n) is 7.43. The number of hydrogen-bond acceptors (Lipinski definition) is 1. The zero-order valence-electron chi connectivity index (χ0n) is 12.5. The molecule has 0 saturated carbocycles. The van der Waals surface area contributed by atoms with Crippen molar-refractivity contribution in [2.75, 3.05) is 6.54 Å². The van der Waals surface area contributed by atoms with Crippen LogP contribution in [-0.2, 0) is 6.42 Å². The molecule has 2 rings (SSSR count). The minimum atomic E-state index is -0.515. The van der Waals surface area contributed by atoms with Crippen LogP contribution in [0.15, 0.2) is 42.5 Å². The lowest BCUT2D eigenvalue weighted by atomic mass is 9.96. The van der Waals surface area contributed by atoms with Crippen LogP contribution in [0.1, 0.15) is 43.0 Å². The Kier molecular flexibility index (Phi) is 5.45. The summed E-state index contributed by atoms with van der Waals surface area (Å²) in [7, 11) is 0. The van der Waals surface area contributed by atoms with Crippen LogP contribution in [0.25, 0.3) is 0 Å². The molecule has 2 aromatic rings. The number of hydrogen-bond donors (Lipinski definition) is 1. The molecular weight excluding hydrogens is 268 g/mol. The highest BCUT2D eigenvalue weighted by Crippen LogP contribution is 2.27. The molecule has 0 spiro atoms. The van der Waals surface area contributed by atoms with Crippen LogP contribution in [0.5, 0.6) is 0 Å². The van der Waals surface area contributed by atoms with Gasteiger partial charge in [0.1, 0.15) is 11.6 Å². The van der Waals surface area contributed by atoms with Crippen molar-refractivity contribution in [2.45, 2.75) is 32.7 Å². The highest BCUT2D eigenvalue weighted by molar-refractivity contribution is 5.35. The van der Waals surface area contributed by atoms with E-state index in [4.69, 9.17) is 0 Å². The average molecular weight is 289 g/mol. The normalized spacial score (nSPS) is 12.4. The number of aryl methyl sites for hydroxylation is 1. The van der Waals surface area contributed by atoms with E-state index >= 15 is 0 Å². The number of nitrogens with one attached hydrogen (secondary N) is 1. The second-order valence-electron chi connectivity index (χ2n) is 5.12. The molecule has 0 aliphatic rings. The van der Waals surface area contributed by atoms with Crippen molar-refractivity contribution in [3.8, 4) is 0 Å². The van der Waals surface area contributed by atoms with Gasteiger partial charge in [-0.1, -0.05) is 50.6 Å². The van der Waals surface area contributed by atoms with E-state index in [9.17, 15) is 8.78 Å². The summed E-state index contributed by atoms with van der Waals surface area (Å²) in [5, 5.41) is 3.17. The maximum Gasteiger partial charge on any atom is 0.131 e. The topological polar surface area (TPSA) is 12.0 Å². The summed E-state index contributed by atoms with van der Waals surface area (Å²) in [5.41, 5.74) is 2.20. The second kappa shape index (κ2) is 7.32. The van der Waals surface area contributed by atoms with Crippen molar-refractivity contribution in [3.05, 3.63) is 70.8 Å². The molecule has 21 heavy (non-hydrogen) atoms. The number of benzene rings is 2.